The predicted molar refractivity (Wildman–Crippen MR) is 67.7 cm³/mol. The van der Waals surface area contributed by atoms with Gasteiger partial charge in [0, 0.05) is 19.0 Å². The van der Waals surface area contributed by atoms with Crippen LogP contribution >= 0.6 is 0 Å². The van der Waals surface area contributed by atoms with Crippen LogP contribution < -0.4 is 16.6 Å². The molecule has 0 aromatic heterocycles. The van der Waals surface area contributed by atoms with Gasteiger partial charge in [-0.2, -0.15) is 0 Å². The van der Waals surface area contributed by atoms with Gasteiger partial charge in [0.25, 0.3) is 5.91 Å². The molecule has 0 fully saturated rings. The second kappa shape index (κ2) is 6.83. The van der Waals surface area contributed by atoms with Gasteiger partial charge < -0.3 is 15.5 Å². The van der Waals surface area contributed by atoms with Crippen LogP contribution in [0.1, 0.15) is 28.9 Å². The van der Waals surface area contributed by atoms with Gasteiger partial charge in [-0.15, -0.1) is 0 Å². The van der Waals surface area contributed by atoms with E-state index in [0.717, 1.165) is 0 Å². The summed E-state index contributed by atoms with van der Waals surface area (Å²) in [6, 6.07) is 5.97. The second-order valence-corrected chi connectivity index (χ2v) is 4.04. The molecule has 0 bridgehead atoms. The Kier molecular flexibility index (Phi) is 5.43. The number of aliphatic hydroxyl groups excluding tert-OH is 2. The molecule has 2 atom stereocenters. The predicted octanol–water partition coefficient (Wildman–Crippen LogP) is -1.18. The van der Waals surface area contributed by atoms with E-state index in [-0.39, 0.29) is 12.5 Å². The van der Waals surface area contributed by atoms with E-state index >= 15 is 0 Å². The number of aliphatic hydroxyl groups is 2. The quantitative estimate of drug-likeness (QED) is 0.261. The number of benzene rings is 1. The van der Waals surface area contributed by atoms with Crippen molar-refractivity contribution in [3.05, 3.63) is 35.4 Å². The lowest BCUT2D eigenvalue weighted by atomic mass is 10.0. The molecule has 2 unspecified atom stereocenters. The highest BCUT2D eigenvalue weighted by molar-refractivity contribution is 5.93. The van der Waals surface area contributed by atoms with Gasteiger partial charge >= 0.3 is 0 Å². The van der Waals surface area contributed by atoms with Crippen LogP contribution in [0.2, 0.25) is 0 Å². The van der Waals surface area contributed by atoms with Crippen LogP contribution in [0.25, 0.3) is 0 Å². The minimum absolute atomic E-state index is 0.0540. The highest BCUT2D eigenvalue weighted by Gasteiger charge is 2.18. The van der Waals surface area contributed by atoms with Crippen LogP contribution in [0.3, 0.4) is 0 Å². The number of carbonyl (C=O) groups excluding carboxylic acids is 2. The molecule has 0 saturated carbocycles. The molecule has 6 N–H and O–H groups in total. The molecule has 0 saturated heterocycles. The van der Waals surface area contributed by atoms with Crippen molar-refractivity contribution < 1.29 is 19.8 Å². The summed E-state index contributed by atoms with van der Waals surface area (Å²) in [7, 11) is 0. The third-order valence-corrected chi connectivity index (χ3v) is 2.57. The van der Waals surface area contributed by atoms with Crippen molar-refractivity contribution in [3.63, 3.8) is 0 Å². The van der Waals surface area contributed by atoms with E-state index in [1.165, 1.54) is 31.2 Å². The Bertz CT molecular complexity index is 447. The molecule has 1 aromatic carbocycles. The maximum Gasteiger partial charge on any atom is 0.265 e. The fourth-order valence-electron chi connectivity index (χ4n) is 1.50. The fourth-order valence-corrected chi connectivity index (χ4v) is 1.50. The Morgan fingerprint density at radius 1 is 1.26 bits per heavy atom. The summed E-state index contributed by atoms with van der Waals surface area (Å²) in [6.07, 6.45) is -2.28. The van der Waals surface area contributed by atoms with Crippen molar-refractivity contribution in [1.82, 2.24) is 10.7 Å². The Morgan fingerprint density at radius 3 is 2.32 bits per heavy atom. The molecule has 1 rings (SSSR count). The van der Waals surface area contributed by atoms with E-state index in [2.05, 4.69) is 5.32 Å². The average Bonchev–Trinajstić information content (AvgIpc) is 2.43. The number of carbonyl (C=O) groups is 2. The third-order valence-electron chi connectivity index (χ3n) is 2.57. The maximum absolute atomic E-state index is 11.2. The van der Waals surface area contributed by atoms with Gasteiger partial charge in [0.2, 0.25) is 5.91 Å². The molecule has 2 amide bonds. The molecule has 0 aliphatic rings. The summed E-state index contributed by atoms with van der Waals surface area (Å²) < 4.78 is 0. The van der Waals surface area contributed by atoms with Crippen molar-refractivity contribution in [2.45, 2.75) is 19.1 Å². The molecular formula is C12H17N3O4. The minimum atomic E-state index is -1.15. The van der Waals surface area contributed by atoms with Crippen molar-refractivity contribution in [2.24, 2.45) is 5.84 Å². The molecule has 7 heteroatoms. The molecule has 0 aliphatic carbocycles. The summed E-state index contributed by atoms with van der Waals surface area (Å²) in [5.41, 5.74) is 2.77. The highest BCUT2D eigenvalue weighted by atomic mass is 16.3. The second-order valence-electron chi connectivity index (χ2n) is 4.04. The lowest BCUT2D eigenvalue weighted by Crippen LogP contribution is -2.34. The van der Waals surface area contributed by atoms with Crippen molar-refractivity contribution in [3.8, 4) is 0 Å². The van der Waals surface area contributed by atoms with Crippen molar-refractivity contribution in [1.29, 1.82) is 0 Å². The molecular weight excluding hydrogens is 250 g/mol. The van der Waals surface area contributed by atoms with Gasteiger partial charge in [-0.25, -0.2) is 5.84 Å². The number of rotatable bonds is 5. The van der Waals surface area contributed by atoms with E-state index in [9.17, 15) is 19.8 Å². The Morgan fingerprint density at radius 2 is 1.84 bits per heavy atom. The van der Waals surface area contributed by atoms with Gasteiger partial charge in [-0.3, -0.25) is 15.0 Å². The smallest absolute Gasteiger partial charge is 0.265 e. The van der Waals surface area contributed by atoms with E-state index in [4.69, 9.17) is 5.84 Å². The lowest BCUT2D eigenvalue weighted by molar-refractivity contribution is -0.119. The standard InChI is InChI=1S/C12H17N3O4/c1-7(16)14-6-10(17)11(18)8-2-4-9(5-3-8)12(19)15-13/h2-5,10-11,17-18H,6,13H2,1H3,(H,14,16)(H,15,19). The van der Waals surface area contributed by atoms with Crippen LogP contribution in [0.5, 0.6) is 0 Å². The number of nitrogens with two attached hydrogens (primary N) is 1. The van der Waals surface area contributed by atoms with Crippen LogP contribution in [0.15, 0.2) is 24.3 Å². The van der Waals surface area contributed by atoms with Gasteiger partial charge in [-0.1, -0.05) is 12.1 Å². The van der Waals surface area contributed by atoms with Crippen LogP contribution in [-0.2, 0) is 4.79 Å². The Hall–Kier alpha value is -1.96. The zero-order valence-electron chi connectivity index (χ0n) is 10.5. The van der Waals surface area contributed by atoms with Crippen LogP contribution in [0, 0.1) is 0 Å². The molecule has 0 radical (unpaired) electrons. The fraction of sp³-hybridized carbons (Fsp3) is 0.333. The lowest BCUT2D eigenvalue weighted by Gasteiger charge is -2.18. The summed E-state index contributed by atoms with van der Waals surface area (Å²) in [5.74, 6) is 4.25. The number of nitrogen functional groups attached to an aromatic ring is 1. The minimum Gasteiger partial charge on any atom is -0.388 e. The monoisotopic (exact) mass is 267 g/mol. The van der Waals surface area contributed by atoms with E-state index in [0.29, 0.717) is 11.1 Å². The molecule has 1 aromatic rings. The zero-order chi connectivity index (χ0) is 14.4. The topological polar surface area (TPSA) is 125 Å². The first-order valence-electron chi connectivity index (χ1n) is 5.67. The van der Waals surface area contributed by atoms with Gasteiger partial charge in [0.05, 0.1) is 0 Å². The van der Waals surface area contributed by atoms with E-state index in [1.54, 1.807) is 0 Å². The normalized spacial score (nSPS) is 13.5. The van der Waals surface area contributed by atoms with Gasteiger partial charge in [-0.05, 0) is 17.7 Å². The number of nitrogens with one attached hydrogen (secondary N) is 2. The first-order valence-corrected chi connectivity index (χ1v) is 5.67. The summed E-state index contributed by atoms with van der Waals surface area (Å²) in [5, 5.41) is 21.9. The summed E-state index contributed by atoms with van der Waals surface area (Å²) >= 11 is 0. The molecule has 104 valence electrons. The Balaban J connectivity index is 2.69. The van der Waals surface area contributed by atoms with Crippen LogP contribution in [-0.4, -0.2) is 34.7 Å². The third kappa shape index (κ3) is 4.32. The van der Waals surface area contributed by atoms with Gasteiger partial charge in [0.1, 0.15) is 12.2 Å². The number of hydrazine groups is 1. The zero-order valence-corrected chi connectivity index (χ0v) is 10.5. The number of hydrogen-bond donors (Lipinski definition) is 5. The molecule has 0 heterocycles. The Labute approximate surface area is 110 Å². The van der Waals surface area contributed by atoms with Crippen molar-refractivity contribution in [2.75, 3.05) is 6.54 Å². The first-order chi connectivity index (χ1) is 8.95. The maximum atomic E-state index is 11.2. The number of hydrogen-bond acceptors (Lipinski definition) is 5. The summed E-state index contributed by atoms with van der Waals surface area (Å²) in [4.78, 5) is 21.9. The van der Waals surface area contributed by atoms with Gasteiger partial charge in [0.15, 0.2) is 0 Å². The first kappa shape index (κ1) is 15.1. The largest absolute Gasteiger partial charge is 0.388 e. The molecule has 7 nitrogen and oxygen atoms in total. The van der Waals surface area contributed by atoms with Crippen molar-refractivity contribution >= 4 is 11.8 Å². The SMILES string of the molecule is CC(=O)NCC(O)C(O)c1ccc(C(=O)NN)cc1. The van der Waals surface area contributed by atoms with E-state index in [1.807, 2.05) is 5.43 Å². The number of amides is 2. The molecule has 19 heavy (non-hydrogen) atoms. The highest BCUT2D eigenvalue weighted by Crippen LogP contribution is 2.17. The molecule has 0 spiro atoms. The van der Waals surface area contributed by atoms with Crippen LogP contribution in [0.4, 0.5) is 0 Å². The molecule has 0 aliphatic heterocycles. The van der Waals surface area contributed by atoms with E-state index < -0.39 is 18.1 Å². The average molecular weight is 267 g/mol. The summed E-state index contributed by atoms with van der Waals surface area (Å²) in [6.45, 7) is 1.26.